The zero-order valence-corrected chi connectivity index (χ0v) is 12.1. The molecule has 0 unspecified atom stereocenters. The molecule has 0 heterocycles. The third-order valence-corrected chi connectivity index (χ3v) is 3.35. The first kappa shape index (κ1) is 15.3. The molecule has 19 heavy (non-hydrogen) atoms. The number of carboxylic acid groups (broad SMARTS) is 1. The monoisotopic (exact) mass is 373 g/mol. The molecule has 1 aromatic rings. The third kappa shape index (κ3) is 4.79. The van der Waals surface area contributed by atoms with Gasteiger partial charge in [-0.15, -0.1) is 6.42 Å². The fourth-order valence-electron chi connectivity index (χ4n) is 1.39. The topological polar surface area (TPSA) is 66.8 Å². The van der Waals surface area contributed by atoms with E-state index < -0.39 is 18.1 Å². The van der Waals surface area contributed by atoms with Gasteiger partial charge in [0.15, 0.2) is 6.61 Å². The lowest BCUT2D eigenvalue weighted by Gasteiger charge is -2.21. The number of ether oxygens (including phenoxy) is 1. The molecular formula is C13H12INO4. The first-order valence-electron chi connectivity index (χ1n) is 5.38. The highest BCUT2D eigenvalue weighted by atomic mass is 127. The van der Waals surface area contributed by atoms with Gasteiger partial charge in [-0.1, -0.05) is 36.3 Å². The maximum absolute atomic E-state index is 11.6. The van der Waals surface area contributed by atoms with Gasteiger partial charge in [-0.3, -0.25) is 0 Å². The van der Waals surface area contributed by atoms with Gasteiger partial charge in [0.05, 0.1) is 22.9 Å². The van der Waals surface area contributed by atoms with E-state index in [0.717, 1.165) is 8.68 Å². The highest BCUT2D eigenvalue weighted by molar-refractivity contribution is 14.1. The summed E-state index contributed by atoms with van der Waals surface area (Å²) in [6, 6.07) is 8.04. The number of carboxylic acids is 1. The van der Waals surface area contributed by atoms with Crippen LogP contribution in [0.4, 0.5) is 4.79 Å². The Labute approximate surface area is 125 Å². The number of hydrogen-bond donors (Lipinski definition) is 1. The lowest BCUT2D eigenvalue weighted by molar-refractivity contribution is -0.140. The summed E-state index contributed by atoms with van der Waals surface area (Å²) in [4.78, 5) is 22.8. The van der Waals surface area contributed by atoms with Gasteiger partial charge in [0, 0.05) is 6.42 Å². The van der Waals surface area contributed by atoms with Crippen LogP contribution in [0, 0.1) is 12.3 Å². The average molecular weight is 373 g/mol. The van der Waals surface area contributed by atoms with Crippen molar-refractivity contribution in [2.24, 2.45) is 0 Å². The fraction of sp³-hybridized carbons (Fsp3) is 0.231. The van der Waals surface area contributed by atoms with E-state index in [1.54, 1.807) is 35.0 Å². The highest BCUT2D eigenvalue weighted by Crippen LogP contribution is 2.15. The van der Waals surface area contributed by atoms with Crippen LogP contribution >= 0.6 is 22.9 Å². The summed E-state index contributed by atoms with van der Waals surface area (Å²) in [5, 5.41) is 9.18. The zero-order chi connectivity index (χ0) is 14.3. The number of benzene rings is 1. The SMILES string of the molecule is C#CCOC(=O)N(I)[C@@H](Cc1ccccc1)C(=O)O. The smallest absolute Gasteiger partial charge is 0.420 e. The van der Waals surface area contributed by atoms with Gasteiger partial charge in [-0.05, 0) is 5.56 Å². The lowest BCUT2D eigenvalue weighted by atomic mass is 10.1. The molecule has 0 saturated carbocycles. The molecule has 1 aromatic carbocycles. The summed E-state index contributed by atoms with van der Waals surface area (Å²) in [5.74, 6) is 1.05. The molecule has 0 bridgehead atoms. The van der Waals surface area contributed by atoms with Crippen LogP contribution in [0.3, 0.4) is 0 Å². The summed E-state index contributed by atoms with van der Waals surface area (Å²) in [7, 11) is 0. The van der Waals surface area contributed by atoms with Gasteiger partial charge in [0.1, 0.15) is 6.04 Å². The molecule has 5 nitrogen and oxygen atoms in total. The fourth-order valence-corrected chi connectivity index (χ4v) is 1.97. The Kier molecular flexibility index (Phi) is 6.15. The maximum Gasteiger partial charge on any atom is 0.420 e. The van der Waals surface area contributed by atoms with Crippen LogP contribution in [0.25, 0.3) is 0 Å². The van der Waals surface area contributed by atoms with Crippen LogP contribution in [-0.2, 0) is 16.0 Å². The number of rotatable bonds is 5. The van der Waals surface area contributed by atoms with Gasteiger partial charge < -0.3 is 9.84 Å². The number of terminal acetylenes is 1. The van der Waals surface area contributed by atoms with Crippen molar-refractivity contribution >= 4 is 34.9 Å². The van der Waals surface area contributed by atoms with Gasteiger partial charge in [0.25, 0.3) is 0 Å². The van der Waals surface area contributed by atoms with Gasteiger partial charge in [-0.25, -0.2) is 12.7 Å². The van der Waals surface area contributed by atoms with E-state index in [0.29, 0.717) is 0 Å². The predicted octanol–water partition coefficient (Wildman–Crippen LogP) is 2.10. The van der Waals surface area contributed by atoms with Crippen molar-refractivity contribution in [3.05, 3.63) is 35.9 Å². The van der Waals surface area contributed by atoms with Gasteiger partial charge in [0.2, 0.25) is 0 Å². The summed E-state index contributed by atoms with van der Waals surface area (Å²) in [6.45, 7) is -0.185. The third-order valence-electron chi connectivity index (χ3n) is 2.28. The number of hydrogen-bond acceptors (Lipinski definition) is 3. The summed E-state index contributed by atoms with van der Waals surface area (Å²) >= 11 is 1.62. The van der Waals surface area contributed by atoms with Crippen molar-refractivity contribution in [1.29, 1.82) is 0 Å². The average Bonchev–Trinajstić information content (AvgIpc) is 2.42. The molecule has 0 aliphatic carbocycles. The minimum atomic E-state index is -1.10. The standard InChI is InChI=1S/C13H12INO4/c1-2-8-19-13(18)15(14)11(12(16)17)9-10-6-4-3-5-7-10/h1,3-7,11H,8-9H2,(H,16,17)/t11-/m0/s1. The zero-order valence-electron chi connectivity index (χ0n) is 9.95. The van der Waals surface area contributed by atoms with Gasteiger partial charge in [-0.2, -0.15) is 0 Å². The van der Waals surface area contributed by atoms with Crippen LogP contribution in [0.2, 0.25) is 0 Å². The number of carbonyl (C=O) groups excluding carboxylic acids is 1. The van der Waals surface area contributed by atoms with Crippen molar-refractivity contribution in [2.45, 2.75) is 12.5 Å². The van der Waals surface area contributed by atoms with Gasteiger partial charge >= 0.3 is 12.1 Å². The van der Waals surface area contributed by atoms with Crippen molar-refractivity contribution in [1.82, 2.24) is 3.11 Å². The molecule has 0 fully saturated rings. The molecule has 100 valence electrons. The normalized spacial score (nSPS) is 11.2. The molecule has 0 saturated heterocycles. The number of carbonyl (C=O) groups is 2. The Balaban J connectivity index is 2.75. The molecule has 1 atom stereocenters. The Bertz CT molecular complexity index is 483. The maximum atomic E-state index is 11.6. The summed E-state index contributed by atoms with van der Waals surface area (Å²) < 4.78 is 5.71. The largest absolute Gasteiger partial charge is 0.480 e. The Morgan fingerprint density at radius 2 is 2.05 bits per heavy atom. The number of aliphatic carboxylic acids is 1. The second-order valence-electron chi connectivity index (χ2n) is 3.61. The molecule has 0 spiro atoms. The Morgan fingerprint density at radius 1 is 1.42 bits per heavy atom. The minimum Gasteiger partial charge on any atom is -0.480 e. The molecule has 0 aliphatic heterocycles. The number of halogens is 1. The molecule has 1 amide bonds. The molecule has 6 heteroatoms. The molecule has 0 aliphatic rings. The van der Waals surface area contributed by atoms with E-state index in [9.17, 15) is 14.7 Å². The molecule has 1 rings (SSSR count). The van der Waals surface area contributed by atoms with Crippen molar-refractivity contribution in [2.75, 3.05) is 6.61 Å². The first-order chi connectivity index (χ1) is 9.06. The minimum absolute atomic E-state index is 0.185. The summed E-state index contributed by atoms with van der Waals surface area (Å²) in [6.07, 6.45) is 4.41. The quantitative estimate of drug-likeness (QED) is 0.488. The molecular weight excluding hydrogens is 361 g/mol. The Hall–Kier alpha value is -1.75. The van der Waals surface area contributed by atoms with Crippen molar-refractivity contribution in [3.8, 4) is 12.3 Å². The van der Waals surface area contributed by atoms with Crippen molar-refractivity contribution in [3.63, 3.8) is 0 Å². The van der Waals surface area contributed by atoms with E-state index in [2.05, 4.69) is 5.92 Å². The van der Waals surface area contributed by atoms with Crippen molar-refractivity contribution < 1.29 is 19.4 Å². The van der Waals surface area contributed by atoms with E-state index in [-0.39, 0.29) is 13.0 Å². The second kappa shape index (κ2) is 7.63. The predicted molar refractivity (Wildman–Crippen MR) is 77.6 cm³/mol. The number of amides is 1. The number of nitrogens with zero attached hydrogens (tertiary/aromatic N) is 1. The molecule has 0 aromatic heterocycles. The second-order valence-corrected chi connectivity index (χ2v) is 4.65. The summed E-state index contributed by atoms with van der Waals surface area (Å²) in [5.41, 5.74) is 0.821. The Morgan fingerprint density at radius 3 is 2.58 bits per heavy atom. The van der Waals surface area contributed by atoms with E-state index in [1.807, 2.05) is 18.2 Å². The highest BCUT2D eigenvalue weighted by Gasteiger charge is 2.29. The first-order valence-corrected chi connectivity index (χ1v) is 6.34. The molecule has 1 N–H and O–H groups in total. The van der Waals surface area contributed by atoms with E-state index in [1.165, 1.54) is 0 Å². The van der Waals surface area contributed by atoms with Crippen LogP contribution in [-0.4, -0.2) is 32.9 Å². The lowest BCUT2D eigenvalue weighted by Crippen LogP contribution is -2.40. The van der Waals surface area contributed by atoms with Crippen LogP contribution in [0.5, 0.6) is 0 Å². The van der Waals surface area contributed by atoms with Crippen LogP contribution in [0.15, 0.2) is 30.3 Å². The molecule has 0 radical (unpaired) electrons. The van der Waals surface area contributed by atoms with E-state index in [4.69, 9.17) is 11.2 Å². The van der Waals surface area contributed by atoms with Crippen LogP contribution in [0.1, 0.15) is 5.56 Å². The van der Waals surface area contributed by atoms with E-state index >= 15 is 0 Å². The van der Waals surface area contributed by atoms with Crippen LogP contribution < -0.4 is 0 Å².